The maximum Gasteiger partial charge on any atom is 0.256 e. The van der Waals surface area contributed by atoms with E-state index in [9.17, 15) is 9.59 Å². The fourth-order valence-corrected chi connectivity index (χ4v) is 3.01. The molecule has 1 atom stereocenters. The van der Waals surface area contributed by atoms with E-state index >= 15 is 0 Å². The minimum Gasteiger partial charge on any atom is -0.403 e. The number of hydrogen-bond donors (Lipinski definition) is 5. The number of amides is 2. The van der Waals surface area contributed by atoms with Gasteiger partial charge < -0.3 is 27.0 Å². The number of nitrogens with two attached hydrogens (primary N) is 1. The highest BCUT2D eigenvalue weighted by molar-refractivity contribution is 6.00. The molecule has 1 unspecified atom stereocenters. The topological polar surface area (TPSA) is 151 Å². The summed E-state index contributed by atoms with van der Waals surface area (Å²) in [5, 5.41) is 16.1. The Morgan fingerprint density at radius 1 is 1.41 bits per heavy atom. The zero-order chi connectivity index (χ0) is 20.4. The van der Waals surface area contributed by atoms with Gasteiger partial charge in [-0.1, -0.05) is 0 Å². The van der Waals surface area contributed by atoms with Crippen LogP contribution in [0, 0.1) is 0 Å². The monoisotopic (exact) mass is 397 g/mol. The average Bonchev–Trinajstić information content (AvgIpc) is 3.27. The molecule has 3 heterocycles. The molecule has 0 radical (unpaired) electrons. The molecule has 4 rings (SSSR count). The first-order chi connectivity index (χ1) is 14.1. The maximum atomic E-state index is 12.5. The molecule has 1 saturated heterocycles. The Morgan fingerprint density at radius 3 is 2.90 bits per heavy atom. The highest BCUT2D eigenvalue weighted by atomic mass is 16.2. The molecule has 1 aliphatic carbocycles. The summed E-state index contributed by atoms with van der Waals surface area (Å²) in [5.41, 5.74) is 6.99. The maximum absolute atomic E-state index is 12.5. The van der Waals surface area contributed by atoms with Crippen LogP contribution >= 0.6 is 0 Å². The van der Waals surface area contributed by atoms with Gasteiger partial charge in [0.1, 0.15) is 23.2 Å². The second-order valence-corrected chi connectivity index (χ2v) is 6.94. The number of nitrogens with zero attached hydrogens (tertiary/aromatic N) is 4. The number of rotatable bonds is 7. The summed E-state index contributed by atoms with van der Waals surface area (Å²) in [6.45, 7) is 0.618. The first kappa shape index (κ1) is 18.7. The van der Waals surface area contributed by atoms with E-state index in [4.69, 9.17) is 5.73 Å². The van der Waals surface area contributed by atoms with Gasteiger partial charge in [-0.05, 0) is 19.3 Å². The molecule has 0 bridgehead atoms. The molecule has 2 aliphatic rings. The zero-order valence-electron chi connectivity index (χ0n) is 16.0. The van der Waals surface area contributed by atoms with Crippen LogP contribution in [0.4, 0.5) is 11.6 Å². The lowest BCUT2D eigenvalue weighted by molar-refractivity contribution is -0.120. The van der Waals surface area contributed by atoms with E-state index in [-0.39, 0.29) is 17.9 Å². The number of aromatic nitrogens is 3. The summed E-state index contributed by atoms with van der Waals surface area (Å²) in [6.07, 6.45) is 7.00. The van der Waals surface area contributed by atoms with E-state index in [1.807, 2.05) is 0 Å². The normalized spacial score (nSPS) is 19.6. The zero-order valence-corrected chi connectivity index (χ0v) is 16.0. The Hall–Kier alpha value is -3.63. The number of allylic oxidation sites excluding steroid dienone is 1. The molecule has 6 N–H and O–H groups in total. The molecule has 11 heteroatoms. The minimum atomic E-state index is -0.414. The van der Waals surface area contributed by atoms with E-state index in [2.05, 4.69) is 36.3 Å². The fraction of sp³-hybridized carbons (Fsp3) is 0.389. The van der Waals surface area contributed by atoms with Gasteiger partial charge >= 0.3 is 0 Å². The van der Waals surface area contributed by atoms with Crippen LogP contribution in [0.15, 0.2) is 29.2 Å². The summed E-state index contributed by atoms with van der Waals surface area (Å²) in [4.78, 5) is 33.0. The van der Waals surface area contributed by atoms with Crippen LogP contribution in [0.5, 0.6) is 0 Å². The van der Waals surface area contributed by atoms with Crippen molar-refractivity contribution < 1.29 is 9.59 Å². The molecule has 0 spiro atoms. The van der Waals surface area contributed by atoms with Gasteiger partial charge in [0.05, 0.1) is 11.9 Å². The van der Waals surface area contributed by atoms with Crippen LogP contribution in [0.25, 0.3) is 5.65 Å². The lowest BCUT2D eigenvalue weighted by Crippen LogP contribution is -2.25. The van der Waals surface area contributed by atoms with Crippen LogP contribution < -0.4 is 27.0 Å². The summed E-state index contributed by atoms with van der Waals surface area (Å²) in [5.74, 6) is 0.811. The molecule has 29 heavy (non-hydrogen) atoms. The number of anilines is 2. The van der Waals surface area contributed by atoms with Crippen molar-refractivity contribution in [2.75, 3.05) is 24.2 Å². The third-order valence-corrected chi connectivity index (χ3v) is 4.75. The molecular formula is C18H23N9O2. The van der Waals surface area contributed by atoms with Crippen molar-refractivity contribution >= 4 is 35.3 Å². The van der Waals surface area contributed by atoms with Gasteiger partial charge in [0.25, 0.3) is 5.91 Å². The highest BCUT2D eigenvalue weighted by Gasteiger charge is 2.26. The van der Waals surface area contributed by atoms with Crippen molar-refractivity contribution in [3.63, 3.8) is 0 Å². The largest absolute Gasteiger partial charge is 0.403 e. The molecule has 0 aromatic carbocycles. The van der Waals surface area contributed by atoms with Crippen LogP contribution in [-0.2, 0) is 4.79 Å². The summed E-state index contributed by atoms with van der Waals surface area (Å²) < 4.78 is 1.57. The summed E-state index contributed by atoms with van der Waals surface area (Å²) >= 11 is 0. The number of fused-ring (bicyclic) bond motifs is 1. The molecule has 2 fully saturated rings. The van der Waals surface area contributed by atoms with Gasteiger partial charge in [-0.3, -0.25) is 14.6 Å². The SMILES string of the molecule is CNc1cc(NC(C=NC2CCNC2=O)=CN)nc2c(C(=O)NC3CC3)cnn12. The van der Waals surface area contributed by atoms with Crippen molar-refractivity contribution in [1.29, 1.82) is 0 Å². The van der Waals surface area contributed by atoms with Crippen LogP contribution in [0.2, 0.25) is 0 Å². The van der Waals surface area contributed by atoms with E-state index in [1.165, 1.54) is 18.6 Å². The third-order valence-electron chi connectivity index (χ3n) is 4.75. The van der Waals surface area contributed by atoms with Crippen molar-refractivity contribution in [3.8, 4) is 0 Å². The molecule has 1 saturated carbocycles. The predicted molar refractivity (Wildman–Crippen MR) is 109 cm³/mol. The molecular weight excluding hydrogens is 374 g/mol. The van der Waals surface area contributed by atoms with Crippen molar-refractivity contribution in [2.24, 2.45) is 10.7 Å². The number of carbonyl (C=O) groups excluding carboxylic acids is 2. The van der Waals surface area contributed by atoms with Crippen LogP contribution in [0.1, 0.15) is 29.6 Å². The molecule has 1 aliphatic heterocycles. The Bertz CT molecular complexity index is 1010. The Kier molecular flexibility index (Phi) is 5.02. The molecule has 2 aromatic heterocycles. The Balaban J connectivity index is 1.59. The minimum absolute atomic E-state index is 0.0970. The number of nitrogens with one attached hydrogen (secondary N) is 4. The standard InChI is InChI=1S/C18H23N9O2/c1-20-15-6-14(24-11(7-19)8-22-13-4-5-21-18(13)29)26-16-12(9-23-27(15)16)17(28)25-10-2-3-10/h6-10,13,20H,2-5,19H2,1H3,(H,21,29)(H,24,26)(H,25,28). The smallest absolute Gasteiger partial charge is 0.256 e. The second kappa shape index (κ2) is 7.78. The molecule has 152 valence electrons. The Labute approximate surface area is 166 Å². The molecule has 2 amide bonds. The van der Waals surface area contributed by atoms with Gasteiger partial charge in [-0.25, -0.2) is 4.98 Å². The number of aliphatic imine (C=N–C) groups is 1. The average molecular weight is 397 g/mol. The fourth-order valence-electron chi connectivity index (χ4n) is 3.01. The van der Waals surface area contributed by atoms with Crippen molar-refractivity contribution in [2.45, 2.75) is 31.3 Å². The first-order valence-corrected chi connectivity index (χ1v) is 9.46. The van der Waals surface area contributed by atoms with Crippen molar-refractivity contribution in [3.05, 3.63) is 29.7 Å². The van der Waals surface area contributed by atoms with Gasteiger partial charge in [-0.2, -0.15) is 9.61 Å². The lowest BCUT2D eigenvalue weighted by atomic mass is 10.3. The van der Waals surface area contributed by atoms with E-state index < -0.39 is 6.04 Å². The van der Waals surface area contributed by atoms with E-state index in [1.54, 1.807) is 17.6 Å². The van der Waals surface area contributed by atoms with Crippen molar-refractivity contribution in [1.82, 2.24) is 25.2 Å². The van der Waals surface area contributed by atoms with Gasteiger partial charge in [0.2, 0.25) is 5.91 Å². The van der Waals surface area contributed by atoms with Gasteiger partial charge in [0.15, 0.2) is 5.65 Å². The summed E-state index contributed by atoms with van der Waals surface area (Å²) in [6, 6.07) is 1.56. The van der Waals surface area contributed by atoms with Gasteiger partial charge in [-0.15, -0.1) is 0 Å². The summed E-state index contributed by atoms with van der Waals surface area (Å²) in [7, 11) is 1.75. The van der Waals surface area contributed by atoms with Crippen LogP contribution in [0.3, 0.4) is 0 Å². The van der Waals surface area contributed by atoms with Gasteiger partial charge in [0, 0.05) is 38.1 Å². The second-order valence-electron chi connectivity index (χ2n) is 6.94. The van der Waals surface area contributed by atoms with E-state index in [0.717, 1.165) is 12.8 Å². The Morgan fingerprint density at radius 2 is 2.24 bits per heavy atom. The van der Waals surface area contributed by atoms with Crippen LogP contribution in [-0.4, -0.2) is 58.3 Å². The molecule has 2 aromatic rings. The quantitative estimate of drug-likeness (QED) is 0.407. The highest BCUT2D eigenvalue weighted by Crippen LogP contribution is 2.22. The molecule has 11 nitrogen and oxygen atoms in total. The predicted octanol–water partition coefficient (Wildman–Crippen LogP) is -0.165. The first-order valence-electron chi connectivity index (χ1n) is 9.46. The number of hydrogen-bond acceptors (Lipinski definition) is 8. The van der Waals surface area contributed by atoms with E-state index in [0.29, 0.717) is 41.5 Å². The third kappa shape index (κ3) is 3.98. The lowest BCUT2D eigenvalue weighted by Gasteiger charge is -2.10. The number of carbonyl (C=O) groups is 2.